The summed E-state index contributed by atoms with van der Waals surface area (Å²) in [5, 5.41) is 3.64. The Morgan fingerprint density at radius 3 is 2.25 bits per heavy atom. The van der Waals surface area contributed by atoms with E-state index in [1.54, 1.807) is 7.11 Å². The fraction of sp³-hybridized carbons (Fsp3) is 0.353. The Labute approximate surface area is 239 Å². The molecule has 0 radical (unpaired) electrons. The number of nitrogens with zero attached hydrogens (tertiary/aromatic N) is 4. The van der Waals surface area contributed by atoms with Crippen molar-refractivity contribution in [1.82, 2.24) is 9.97 Å². The zero-order valence-corrected chi connectivity index (χ0v) is 24.8. The number of ether oxygens (including phenoxy) is 1. The van der Waals surface area contributed by atoms with Gasteiger partial charge in [-0.2, -0.15) is 4.98 Å². The number of methoxy groups -OCH3 is 1. The predicted molar refractivity (Wildman–Crippen MR) is 167 cm³/mol. The van der Waals surface area contributed by atoms with Gasteiger partial charge in [-0.1, -0.05) is 63.2 Å². The van der Waals surface area contributed by atoms with Crippen molar-refractivity contribution in [2.75, 3.05) is 41.9 Å². The molecule has 0 aliphatic carbocycles. The zero-order chi connectivity index (χ0) is 28.5. The number of anilines is 4. The Morgan fingerprint density at radius 2 is 1.60 bits per heavy atom. The summed E-state index contributed by atoms with van der Waals surface area (Å²) < 4.78 is 5.37. The second-order valence-corrected chi connectivity index (χ2v) is 12.3. The second-order valence-electron chi connectivity index (χ2n) is 12.3. The van der Waals surface area contributed by atoms with Gasteiger partial charge < -0.3 is 19.9 Å². The van der Waals surface area contributed by atoms with Gasteiger partial charge in [-0.05, 0) is 67.6 Å². The molecule has 0 bridgehead atoms. The van der Waals surface area contributed by atoms with E-state index in [0.717, 1.165) is 54.1 Å². The Balaban J connectivity index is 1.48. The lowest BCUT2D eigenvalue weighted by Crippen LogP contribution is -2.60. The maximum atomic E-state index is 5.37. The van der Waals surface area contributed by atoms with Gasteiger partial charge in [0, 0.05) is 42.6 Å². The third kappa shape index (κ3) is 5.91. The van der Waals surface area contributed by atoms with Crippen LogP contribution >= 0.6 is 0 Å². The molecule has 0 spiro atoms. The maximum absolute atomic E-state index is 5.37. The lowest BCUT2D eigenvalue weighted by Gasteiger charge is -2.48. The maximum Gasteiger partial charge on any atom is 0.228 e. The minimum Gasteiger partial charge on any atom is -0.497 e. The van der Waals surface area contributed by atoms with Crippen LogP contribution < -0.4 is 19.9 Å². The molecule has 1 N–H and O–H groups in total. The molecule has 208 valence electrons. The number of nitrogens with one attached hydrogen (secondary N) is 1. The standard InChI is InChI=1S/C34H41N5O/c1-24-13-14-26(33(2,3)4)21-29(24)35-31-22-30(25-11-9-8-10-12-25)36-32(37-31)38-19-20-39(34(5,6)23-38)27-15-17-28(40-7)18-16-27/h8-18,21-22H,19-20,23H2,1-7H3,(H,35,36,37). The first-order chi connectivity index (χ1) is 19.0. The molecule has 0 saturated carbocycles. The molecule has 5 rings (SSSR count). The fourth-order valence-electron chi connectivity index (χ4n) is 5.32. The molecule has 1 saturated heterocycles. The molecule has 4 aromatic rings. The second kappa shape index (κ2) is 10.8. The summed E-state index contributed by atoms with van der Waals surface area (Å²) in [5.41, 5.74) is 6.66. The van der Waals surface area contributed by atoms with Crippen LogP contribution in [0.25, 0.3) is 11.3 Å². The lowest BCUT2D eigenvalue weighted by molar-refractivity contribution is 0.408. The smallest absolute Gasteiger partial charge is 0.228 e. The fourth-order valence-corrected chi connectivity index (χ4v) is 5.32. The van der Waals surface area contributed by atoms with Crippen LogP contribution in [-0.2, 0) is 5.41 Å². The summed E-state index contributed by atoms with van der Waals surface area (Å²) in [6.45, 7) is 15.9. The molecular weight excluding hydrogens is 494 g/mol. The summed E-state index contributed by atoms with van der Waals surface area (Å²) in [5.74, 6) is 2.42. The number of aryl methyl sites for hydroxylation is 1. The van der Waals surface area contributed by atoms with E-state index >= 15 is 0 Å². The highest BCUT2D eigenvalue weighted by Gasteiger charge is 2.35. The van der Waals surface area contributed by atoms with Gasteiger partial charge in [-0.25, -0.2) is 4.98 Å². The first kappa shape index (κ1) is 27.5. The summed E-state index contributed by atoms with van der Waals surface area (Å²) in [6, 6.07) is 27.4. The van der Waals surface area contributed by atoms with Crippen LogP contribution in [0.3, 0.4) is 0 Å². The average Bonchev–Trinajstić information content (AvgIpc) is 2.93. The average molecular weight is 536 g/mol. The molecular formula is C34H41N5O. The number of hydrogen-bond donors (Lipinski definition) is 1. The Morgan fingerprint density at radius 1 is 0.875 bits per heavy atom. The van der Waals surface area contributed by atoms with Crippen molar-refractivity contribution in [3.8, 4) is 17.0 Å². The van der Waals surface area contributed by atoms with Crippen molar-refractivity contribution in [1.29, 1.82) is 0 Å². The van der Waals surface area contributed by atoms with Gasteiger partial charge in [0.15, 0.2) is 0 Å². The van der Waals surface area contributed by atoms with Gasteiger partial charge in [0.25, 0.3) is 0 Å². The van der Waals surface area contributed by atoms with E-state index in [0.29, 0.717) is 0 Å². The highest BCUT2D eigenvalue weighted by Crippen LogP contribution is 2.33. The molecule has 0 unspecified atom stereocenters. The molecule has 2 heterocycles. The van der Waals surface area contributed by atoms with E-state index in [2.05, 4.69) is 117 Å². The topological polar surface area (TPSA) is 53.5 Å². The van der Waals surface area contributed by atoms with E-state index in [1.807, 2.05) is 18.2 Å². The van der Waals surface area contributed by atoms with Crippen molar-refractivity contribution in [2.45, 2.75) is 52.5 Å². The predicted octanol–water partition coefficient (Wildman–Crippen LogP) is 7.61. The quantitative estimate of drug-likeness (QED) is 0.274. The molecule has 3 aromatic carbocycles. The van der Waals surface area contributed by atoms with E-state index < -0.39 is 0 Å². The number of piperazine rings is 1. The van der Waals surface area contributed by atoms with Gasteiger partial charge in [0.05, 0.1) is 18.3 Å². The summed E-state index contributed by atoms with van der Waals surface area (Å²) in [7, 11) is 1.70. The van der Waals surface area contributed by atoms with E-state index in [1.165, 1.54) is 16.8 Å². The molecule has 6 heteroatoms. The highest BCUT2D eigenvalue weighted by atomic mass is 16.5. The Bertz CT molecular complexity index is 1460. The zero-order valence-electron chi connectivity index (χ0n) is 24.8. The van der Waals surface area contributed by atoms with Gasteiger partial charge >= 0.3 is 0 Å². The SMILES string of the molecule is COc1ccc(N2CCN(c3nc(Nc4cc(C(C)(C)C)ccc4C)cc(-c4ccccc4)n3)CC2(C)C)cc1. The monoisotopic (exact) mass is 535 g/mol. The number of benzene rings is 3. The van der Waals surface area contributed by atoms with Crippen LogP contribution in [0.2, 0.25) is 0 Å². The van der Waals surface area contributed by atoms with Gasteiger partial charge in [0.2, 0.25) is 5.95 Å². The minimum atomic E-state index is -0.121. The lowest BCUT2D eigenvalue weighted by atomic mass is 9.86. The van der Waals surface area contributed by atoms with Crippen molar-refractivity contribution in [2.24, 2.45) is 0 Å². The van der Waals surface area contributed by atoms with Crippen LogP contribution in [-0.4, -0.2) is 42.3 Å². The van der Waals surface area contributed by atoms with Crippen LogP contribution in [0, 0.1) is 6.92 Å². The van der Waals surface area contributed by atoms with Crippen molar-refractivity contribution in [3.05, 3.63) is 90.0 Å². The van der Waals surface area contributed by atoms with E-state index in [4.69, 9.17) is 14.7 Å². The summed E-state index contributed by atoms with van der Waals surface area (Å²) >= 11 is 0. The van der Waals surface area contributed by atoms with Crippen LogP contribution in [0.15, 0.2) is 78.9 Å². The number of aromatic nitrogens is 2. The largest absolute Gasteiger partial charge is 0.497 e. The van der Waals surface area contributed by atoms with Crippen molar-refractivity contribution in [3.63, 3.8) is 0 Å². The van der Waals surface area contributed by atoms with Gasteiger partial charge in [-0.15, -0.1) is 0 Å². The molecule has 1 fully saturated rings. The van der Waals surface area contributed by atoms with Crippen LogP contribution in [0.4, 0.5) is 23.1 Å². The molecule has 6 nitrogen and oxygen atoms in total. The van der Waals surface area contributed by atoms with Gasteiger partial charge in [0.1, 0.15) is 11.6 Å². The molecule has 0 amide bonds. The van der Waals surface area contributed by atoms with E-state index in [-0.39, 0.29) is 11.0 Å². The first-order valence-electron chi connectivity index (χ1n) is 14.0. The van der Waals surface area contributed by atoms with Gasteiger partial charge in [-0.3, -0.25) is 0 Å². The number of rotatable bonds is 6. The third-order valence-electron chi connectivity index (χ3n) is 7.72. The molecule has 1 aromatic heterocycles. The molecule has 1 aliphatic rings. The van der Waals surface area contributed by atoms with E-state index in [9.17, 15) is 0 Å². The summed E-state index contributed by atoms with van der Waals surface area (Å²) in [4.78, 5) is 14.9. The molecule has 40 heavy (non-hydrogen) atoms. The molecule has 1 aliphatic heterocycles. The van der Waals surface area contributed by atoms with Crippen LogP contribution in [0.1, 0.15) is 45.7 Å². The first-order valence-corrected chi connectivity index (χ1v) is 14.0. The Hall–Kier alpha value is -4.06. The normalized spacial score (nSPS) is 15.2. The summed E-state index contributed by atoms with van der Waals surface area (Å²) in [6.07, 6.45) is 0. The van der Waals surface area contributed by atoms with Crippen LogP contribution in [0.5, 0.6) is 5.75 Å². The molecule has 0 atom stereocenters. The minimum absolute atomic E-state index is 0.0608. The third-order valence-corrected chi connectivity index (χ3v) is 7.72. The number of hydrogen-bond acceptors (Lipinski definition) is 6. The van der Waals surface area contributed by atoms with Crippen molar-refractivity contribution < 1.29 is 4.74 Å². The Kier molecular flexibility index (Phi) is 7.45. The highest BCUT2D eigenvalue weighted by molar-refractivity contribution is 5.69. The van der Waals surface area contributed by atoms with Crippen molar-refractivity contribution >= 4 is 23.1 Å².